The number of rotatable bonds is 3. The Morgan fingerprint density at radius 3 is 2.89 bits per heavy atom. The van der Waals surface area contributed by atoms with E-state index in [1.807, 2.05) is 24.3 Å². The molecule has 1 N–H and O–H groups in total. The highest BCUT2D eigenvalue weighted by molar-refractivity contribution is 5.81. The fraction of sp³-hybridized carbons (Fsp3) is 0.133. The molecule has 3 aromatic rings. The van der Waals surface area contributed by atoms with E-state index in [1.165, 1.54) is 0 Å². The van der Waals surface area contributed by atoms with E-state index in [0.29, 0.717) is 6.54 Å². The van der Waals surface area contributed by atoms with Crippen molar-refractivity contribution in [2.24, 2.45) is 7.05 Å². The van der Waals surface area contributed by atoms with Crippen molar-refractivity contribution in [1.29, 1.82) is 0 Å². The molecule has 3 rings (SSSR count). The van der Waals surface area contributed by atoms with E-state index in [2.05, 4.69) is 5.32 Å². The second kappa shape index (κ2) is 4.65. The first-order valence-electron chi connectivity index (χ1n) is 6.10. The van der Waals surface area contributed by atoms with Crippen molar-refractivity contribution in [1.82, 2.24) is 4.57 Å². The van der Waals surface area contributed by atoms with E-state index in [9.17, 15) is 4.79 Å². The highest BCUT2D eigenvalue weighted by Gasteiger charge is 2.04. The van der Waals surface area contributed by atoms with Crippen molar-refractivity contribution >= 4 is 16.7 Å². The van der Waals surface area contributed by atoms with Gasteiger partial charge in [0.05, 0.1) is 12.0 Å². The number of anilines is 1. The maximum Gasteiger partial charge on any atom is 0.250 e. The van der Waals surface area contributed by atoms with Gasteiger partial charge in [-0.25, -0.2) is 0 Å². The summed E-state index contributed by atoms with van der Waals surface area (Å²) >= 11 is 0. The van der Waals surface area contributed by atoms with E-state index in [-0.39, 0.29) is 5.56 Å². The van der Waals surface area contributed by atoms with Crippen LogP contribution in [0.1, 0.15) is 5.56 Å². The predicted molar refractivity (Wildman–Crippen MR) is 75.2 cm³/mol. The molecule has 0 radical (unpaired) electrons. The maximum absolute atomic E-state index is 11.3. The van der Waals surface area contributed by atoms with Crippen LogP contribution in [0.3, 0.4) is 0 Å². The van der Waals surface area contributed by atoms with Crippen molar-refractivity contribution < 1.29 is 4.42 Å². The Balaban J connectivity index is 1.82. The minimum absolute atomic E-state index is 0.0145. The number of para-hydroxylation sites is 1. The van der Waals surface area contributed by atoms with Gasteiger partial charge in [0.25, 0.3) is 0 Å². The molecule has 0 spiro atoms. The van der Waals surface area contributed by atoms with Crippen LogP contribution >= 0.6 is 0 Å². The Labute approximate surface area is 110 Å². The highest BCUT2D eigenvalue weighted by Crippen LogP contribution is 2.21. The molecule has 19 heavy (non-hydrogen) atoms. The summed E-state index contributed by atoms with van der Waals surface area (Å²) in [6.07, 6.45) is 3.55. The summed E-state index contributed by atoms with van der Waals surface area (Å²) in [4.78, 5) is 11.3. The zero-order chi connectivity index (χ0) is 13.2. The van der Waals surface area contributed by atoms with Gasteiger partial charge in [0.15, 0.2) is 0 Å². The molecule has 0 atom stereocenters. The largest absolute Gasteiger partial charge is 0.464 e. The quantitative estimate of drug-likeness (QED) is 0.781. The number of fused-ring (bicyclic) bond motifs is 1. The maximum atomic E-state index is 11.3. The number of aryl methyl sites for hydroxylation is 1. The van der Waals surface area contributed by atoms with Gasteiger partial charge in [0.1, 0.15) is 5.58 Å². The van der Waals surface area contributed by atoms with E-state index >= 15 is 0 Å². The monoisotopic (exact) mass is 254 g/mol. The SMILES string of the molecule is Cn1cc(NCc2coc3ccccc23)ccc1=O. The normalized spacial score (nSPS) is 10.8. The van der Waals surface area contributed by atoms with Gasteiger partial charge in [-0.1, -0.05) is 18.2 Å². The number of aromatic nitrogens is 1. The van der Waals surface area contributed by atoms with Gasteiger partial charge >= 0.3 is 0 Å². The number of benzene rings is 1. The van der Waals surface area contributed by atoms with Gasteiger partial charge in [-0.3, -0.25) is 4.79 Å². The third-order valence-electron chi connectivity index (χ3n) is 3.13. The highest BCUT2D eigenvalue weighted by atomic mass is 16.3. The Morgan fingerprint density at radius 2 is 2.05 bits per heavy atom. The standard InChI is InChI=1S/C15H14N2O2/c1-17-9-12(6-7-15(17)18)16-8-11-10-19-14-5-3-2-4-13(11)14/h2-7,9-10,16H,8H2,1H3. The van der Waals surface area contributed by atoms with Crippen LogP contribution in [0.25, 0.3) is 11.0 Å². The lowest BCUT2D eigenvalue weighted by Gasteiger charge is -2.06. The van der Waals surface area contributed by atoms with Crippen molar-refractivity contribution in [2.75, 3.05) is 5.32 Å². The molecule has 0 aliphatic carbocycles. The summed E-state index contributed by atoms with van der Waals surface area (Å²) in [6.45, 7) is 0.662. The average Bonchev–Trinajstić information content (AvgIpc) is 2.83. The van der Waals surface area contributed by atoms with Crippen LogP contribution in [0.4, 0.5) is 5.69 Å². The summed E-state index contributed by atoms with van der Waals surface area (Å²) in [7, 11) is 1.74. The Kier molecular flexibility index (Phi) is 2.83. The van der Waals surface area contributed by atoms with Crippen LogP contribution in [-0.2, 0) is 13.6 Å². The van der Waals surface area contributed by atoms with E-state index in [4.69, 9.17) is 4.42 Å². The topological polar surface area (TPSA) is 47.2 Å². The van der Waals surface area contributed by atoms with Crippen LogP contribution in [0.5, 0.6) is 0 Å². The van der Waals surface area contributed by atoms with Crippen molar-refractivity contribution in [3.63, 3.8) is 0 Å². The van der Waals surface area contributed by atoms with E-state index < -0.39 is 0 Å². The van der Waals surface area contributed by atoms with Gasteiger partial charge in [0.2, 0.25) is 5.56 Å². The summed E-state index contributed by atoms with van der Waals surface area (Å²) in [5.74, 6) is 0. The van der Waals surface area contributed by atoms with E-state index in [0.717, 1.165) is 22.2 Å². The van der Waals surface area contributed by atoms with Crippen LogP contribution in [0.2, 0.25) is 0 Å². The number of hydrogen-bond donors (Lipinski definition) is 1. The van der Waals surface area contributed by atoms with Crippen molar-refractivity contribution in [3.05, 3.63) is 64.8 Å². The predicted octanol–water partition coefficient (Wildman–Crippen LogP) is 2.74. The van der Waals surface area contributed by atoms with Crippen molar-refractivity contribution in [2.45, 2.75) is 6.54 Å². The first-order chi connectivity index (χ1) is 9.24. The Bertz CT molecular complexity index is 771. The first-order valence-corrected chi connectivity index (χ1v) is 6.10. The van der Waals surface area contributed by atoms with Crippen LogP contribution in [0, 0.1) is 0 Å². The first kappa shape index (κ1) is 11.6. The smallest absolute Gasteiger partial charge is 0.250 e. The molecule has 0 aliphatic rings. The third-order valence-corrected chi connectivity index (χ3v) is 3.13. The number of furan rings is 1. The molecule has 0 aliphatic heterocycles. The molecular formula is C15H14N2O2. The fourth-order valence-corrected chi connectivity index (χ4v) is 2.07. The molecule has 4 heteroatoms. The zero-order valence-corrected chi connectivity index (χ0v) is 10.6. The molecule has 0 fully saturated rings. The average molecular weight is 254 g/mol. The van der Waals surface area contributed by atoms with Gasteiger partial charge in [-0.2, -0.15) is 0 Å². The number of pyridine rings is 1. The molecule has 2 heterocycles. The molecule has 0 saturated heterocycles. The number of nitrogens with one attached hydrogen (secondary N) is 1. The molecule has 0 saturated carbocycles. The second-order valence-electron chi connectivity index (χ2n) is 4.48. The third kappa shape index (κ3) is 2.25. The molecule has 0 amide bonds. The minimum atomic E-state index is -0.0145. The minimum Gasteiger partial charge on any atom is -0.464 e. The lowest BCUT2D eigenvalue weighted by atomic mass is 10.2. The molecule has 1 aromatic carbocycles. The number of nitrogens with zero attached hydrogens (tertiary/aromatic N) is 1. The van der Waals surface area contributed by atoms with Crippen molar-refractivity contribution in [3.8, 4) is 0 Å². The van der Waals surface area contributed by atoms with Gasteiger partial charge in [-0.15, -0.1) is 0 Å². The Hall–Kier alpha value is -2.49. The molecule has 0 unspecified atom stereocenters. The second-order valence-corrected chi connectivity index (χ2v) is 4.48. The molecule has 0 bridgehead atoms. The zero-order valence-electron chi connectivity index (χ0n) is 10.6. The van der Waals surface area contributed by atoms with Gasteiger partial charge < -0.3 is 14.3 Å². The van der Waals surface area contributed by atoms with Gasteiger partial charge in [0, 0.05) is 36.8 Å². The Morgan fingerprint density at radius 1 is 1.21 bits per heavy atom. The molecular weight excluding hydrogens is 240 g/mol. The van der Waals surface area contributed by atoms with Gasteiger partial charge in [-0.05, 0) is 12.1 Å². The summed E-state index contributed by atoms with van der Waals surface area (Å²) < 4.78 is 7.04. The molecule has 2 aromatic heterocycles. The lowest BCUT2D eigenvalue weighted by Crippen LogP contribution is -2.15. The van der Waals surface area contributed by atoms with Crippen LogP contribution in [-0.4, -0.2) is 4.57 Å². The summed E-state index contributed by atoms with van der Waals surface area (Å²) in [5, 5.41) is 4.40. The lowest BCUT2D eigenvalue weighted by molar-refractivity contribution is 0.611. The fourth-order valence-electron chi connectivity index (χ4n) is 2.07. The van der Waals surface area contributed by atoms with Crippen LogP contribution < -0.4 is 10.9 Å². The van der Waals surface area contributed by atoms with Crippen LogP contribution in [0.15, 0.2) is 58.1 Å². The summed E-state index contributed by atoms with van der Waals surface area (Å²) in [6, 6.07) is 11.3. The summed E-state index contributed by atoms with van der Waals surface area (Å²) in [5.41, 5.74) is 2.89. The van der Waals surface area contributed by atoms with E-state index in [1.54, 1.807) is 36.2 Å². The molecule has 96 valence electrons. The number of hydrogen-bond acceptors (Lipinski definition) is 3. The molecule has 4 nitrogen and oxygen atoms in total.